The summed E-state index contributed by atoms with van der Waals surface area (Å²) < 4.78 is 45.2. The van der Waals surface area contributed by atoms with Crippen LogP contribution in [0.4, 0.5) is 29.3 Å². The summed E-state index contributed by atoms with van der Waals surface area (Å²) in [6, 6.07) is 16.9. The summed E-state index contributed by atoms with van der Waals surface area (Å²) in [5.74, 6) is -0.522. The van der Waals surface area contributed by atoms with Crippen LogP contribution < -0.4 is 21.1 Å². The first-order valence-corrected chi connectivity index (χ1v) is 11.9. The van der Waals surface area contributed by atoms with Crippen molar-refractivity contribution in [3.63, 3.8) is 0 Å². The Morgan fingerprint density at radius 2 is 1.74 bits per heavy atom. The molecule has 0 bridgehead atoms. The van der Waals surface area contributed by atoms with Crippen molar-refractivity contribution >= 4 is 46.5 Å². The van der Waals surface area contributed by atoms with E-state index >= 15 is 0 Å². The molecule has 13 heteroatoms. The third-order valence-electron chi connectivity index (χ3n) is 5.22. The van der Waals surface area contributed by atoms with E-state index in [2.05, 4.69) is 20.6 Å². The van der Waals surface area contributed by atoms with Crippen LogP contribution in [0.25, 0.3) is 11.3 Å². The summed E-state index contributed by atoms with van der Waals surface area (Å²) in [7, 11) is 0. The van der Waals surface area contributed by atoms with Gasteiger partial charge in [0.25, 0.3) is 0 Å². The zero-order valence-corrected chi connectivity index (χ0v) is 21.2. The fourth-order valence-electron chi connectivity index (χ4n) is 3.43. The number of ether oxygens (including phenoxy) is 1. The first kappa shape index (κ1) is 27.7. The quantitative estimate of drug-likeness (QED) is 0.205. The Morgan fingerprint density at radius 1 is 0.974 bits per heavy atom. The molecule has 8 nitrogen and oxygen atoms in total. The minimum atomic E-state index is -4.69. The van der Waals surface area contributed by atoms with Gasteiger partial charge >= 0.3 is 18.2 Å². The lowest BCUT2D eigenvalue weighted by atomic mass is 10.1. The first-order valence-electron chi connectivity index (χ1n) is 11.1. The van der Waals surface area contributed by atoms with Crippen molar-refractivity contribution in [3.05, 3.63) is 95.1 Å². The maximum atomic E-state index is 13.1. The lowest BCUT2D eigenvalue weighted by molar-refractivity contribution is -0.137. The summed E-state index contributed by atoms with van der Waals surface area (Å²) >= 11 is 11.7. The predicted octanol–water partition coefficient (Wildman–Crippen LogP) is 7.02. The Bertz CT molecular complexity index is 1530. The number of rotatable bonds is 7. The molecule has 0 aliphatic heterocycles. The minimum Gasteiger partial charge on any atom is -0.422 e. The summed E-state index contributed by atoms with van der Waals surface area (Å²) in [5, 5.41) is 3.36. The lowest BCUT2D eigenvalue weighted by Crippen LogP contribution is -2.20. The number of hydrogen-bond acceptors (Lipinski definition) is 5. The lowest BCUT2D eigenvalue weighted by Gasteiger charge is -2.14. The third kappa shape index (κ3) is 6.95. The summed E-state index contributed by atoms with van der Waals surface area (Å²) in [4.78, 5) is 32.4. The Balaban J connectivity index is 1.51. The predicted molar refractivity (Wildman–Crippen MR) is 141 cm³/mol. The molecule has 3 amide bonds. The molecule has 1 aromatic heterocycles. The highest BCUT2D eigenvalue weighted by atomic mass is 35.5. The zero-order chi connectivity index (χ0) is 28.2. The van der Waals surface area contributed by atoms with Crippen molar-refractivity contribution in [3.8, 4) is 23.0 Å². The van der Waals surface area contributed by atoms with Gasteiger partial charge in [0.2, 0.25) is 5.91 Å². The molecule has 4 aromatic rings. The number of halogens is 5. The number of alkyl halides is 4. The molecular weight excluding hydrogens is 558 g/mol. The van der Waals surface area contributed by atoms with E-state index in [9.17, 15) is 22.8 Å². The van der Waals surface area contributed by atoms with Gasteiger partial charge < -0.3 is 21.1 Å². The van der Waals surface area contributed by atoms with Gasteiger partial charge in [-0.15, -0.1) is 11.6 Å². The maximum Gasteiger partial charge on any atom is 0.417 e. The number of benzene rings is 3. The molecule has 0 radical (unpaired) electrons. The van der Waals surface area contributed by atoms with Gasteiger partial charge in [0.1, 0.15) is 5.38 Å². The molecule has 1 atom stereocenters. The Labute approximate surface area is 229 Å². The number of hydrogen-bond donors (Lipinski definition) is 3. The number of anilines is 2. The smallest absolute Gasteiger partial charge is 0.417 e. The molecule has 3 aromatic carbocycles. The second-order valence-electron chi connectivity index (χ2n) is 7.98. The van der Waals surface area contributed by atoms with Crippen molar-refractivity contribution < 1.29 is 27.5 Å². The highest BCUT2D eigenvalue weighted by molar-refractivity contribution is 6.31. The van der Waals surface area contributed by atoms with Crippen molar-refractivity contribution in [2.45, 2.75) is 11.6 Å². The van der Waals surface area contributed by atoms with Gasteiger partial charge in [0.15, 0.2) is 5.75 Å². The topological polar surface area (TPSA) is 119 Å². The van der Waals surface area contributed by atoms with Crippen molar-refractivity contribution in [1.29, 1.82) is 0 Å². The van der Waals surface area contributed by atoms with Gasteiger partial charge in [-0.3, -0.25) is 4.79 Å². The van der Waals surface area contributed by atoms with Crippen molar-refractivity contribution in [1.82, 2.24) is 9.97 Å². The molecule has 1 unspecified atom stereocenters. The molecule has 0 aliphatic rings. The van der Waals surface area contributed by atoms with Crippen LogP contribution in [0.15, 0.2) is 79.0 Å². The number of aromatic nitrogens is 2. The maximum absolute atomic E-state index is 13.1. The van der Waals surface area contributed by atoms with E-state index in [4.69, 9.17) is 33.7 Å². The van der Waals surface area contributed by atoms with Crippen LogP contribution in [0, 0.1) is 0 Å². The van der Waals surface area contributed by atoms with E-state index < -0.39 is 34.1 Å². The third-order valence-corrected chi connectivity index (χ3v) is 6.02. The van der Waals surface area contributed by atoms with E-state index in [1.807, 2.05) is 0 Å². The molecule has 39 heavy (non-hydrogen) atoms. The van der Waals surface area contributed by atoms with E-state index in [-0.39, 0.29) is 23.1 Å². The fraction of sp³-hybridized carbons (Fsp3) is 0.0769. The zero-order valence-electron chi connectivity index (χ0n) is 19.7. The highest BCUT2D eigenvalue weighted by Crippen LogP contribution is 2.36. The Hall–Kier alpha value is -4.35. The molecule has 0 saturated carbocycles. The number of amides is 3. The van der Waals surface area contributed by atoms with Crippen molar-refractivity contribution in [2.24, 2.45) is 5.73 Å². The van der Waals surface area contributed by atoms with Gasteiger partial charge in [-0.2, -0.15) is 18.2 Å². The number of urea groups is 1. The number of carbonyl (C=O) groups is 2. The van der Waals surface area contributed by atoms with Crippen LogP contribution in [0.5, 0.6) is 11.8 Å². The molecule has 0 aliphatic carbocycles. The molecule has 4 N–H and O–H groups in total. The number of nitrogens with one attached hydrogen (secondary N) is 2. The van der Waals surface area contributed by atoms with Gasteiger partial charge in [0.05, 0.1) is 22.0 Å². The van der Waals surface area contributed by atoms with E-state index in [0.717, 1.165) is 12.1 Å². The summed E-state index contributed by atoms with van der Waals surface area (Å²) in [6.07, 6.45) is -3.23. The first-order chi connectivity index (χ1) is 18.5. The van der Waals surface area contributed by atoms with Crippen LogP contribution in [0.2, 0.25) is 5.02 Å². The standard InChI is InChI=1S/C26H18Cl2F3N5O3/c27-18-9-8-16(13-17(18)26(29,30)31)34-24(38)35-20-6-1-2-7-21(20)39-25-33-11-10-19(36-25)14-4-3-5-15(12-14)22(28)23(32)37/h1-13,22H,(H2,32,37)(H2,34,35,38). The number of carbonyl (C=O) groups excluding carboxylic acids is 2. The average molecular weight is 576 g/mol. The molecule has 0 saturated heterocycles. The van der Waals surface area contributed by atoms with Crippen LogP contribution in [-0.4, -0.2) is 21.9 Å². The highest BCUT2D eigenvalue weighted by Gasteiger charge is 2.33. The van der Waals surface area contributed by atoms with Gasteiger partial charge in [-0.1, -0.05) is 41.9 Å². The van der Waals surface area contributed by atoms with E-state index in [1.165, 1.54) is 18.3 Å². The Morgan fingerprint density at radius 3 is 2.49 bits per heavy atom. The van der Waals surface area contributed by atoms with Crippen LogP contribution in [-0.2, 0) is 11.0 Å². The molecule has 0 spiro atoms. The van der Waals surface area contributed by atoms with E-state index in [1.54, 1.807) is 48.5 Å². The van der Waals surface area contributed by atoms with E-state index in [0.29, 0.717) is 16.8 Å². The van der Waals surface area contributed by atoms with Gasteiger partial charge in [0, 0.05) is 17.4 Å². The second kappa shape index (κ2) is 11.6. The number of nitrogens with two attached hydrogens (primary N) is 1. The number of nitrogens with zero attached hydrogens (tertiary/aromatic N) is 2. The molecule has 0 fully saturated rings. The van der Waals surface area contributed by atoms with Crippen LogP contribution in [0.1, 0.15) is 16.5 Å². The van der Waals surface area contributed by atoms with Crippen LogP contribution >= 0.6 is 23.2 Å². The molecular formula is C26H18Cl2F3N5O3. The normalized spacial score (nSPS) is 11.9. The molecule has 1 heterocycles. The largest absolute Gasteiger partial charge is 0.422 e. The Kier molecular flexibility index (Phi) is 8.22. The molecule has 200 valence electrons. The monoisotopic (exact) mass is 575 g/mol. The van der Waals surface area contributed by atoms with Crippen LogP contribution in [0.3, 0.4) is 0 Å². The second-order valence-corrected chi connectivity index (χ2v) is 8.83. The van der Waals surface area contributed by atoms with Gasteiger partial charge in [-0.05, 0) is 48.0 Å². The van der Waals surface area contributed by atoms with Gasteiger partial charge in [-0.25, -0.2) is 9.78 Å². The number of primary amides is 1. The summed E-state index contributed by atoms with van der Waals surface area (Å²) in [5.41, 5.74) is 5.87. The fourth-order valence-corrected chi connectivity index (χ4v) is 3.79. The SMILES string of the molecule is NC(=O)C(Cl)c1cccc(-c2ccnc(Oc3ccccc3NC(=O)Nc3ccc(Cl)c(C(F)(F)F)c3)n2)c1. The average Bonchev–Trinajstić information content (AvgIpc) is 2.90. The van der Waals surface area contributed by atoms with Crippen molar-refractivity contribution in [2.75, 3.05) is 10.6 Å². The minimum absolute atomic E-state index is 0.0580. The molecule has 4 rings (SSSR count). The summed E-state index contributed by atoms with van der Waals surface area (Å²) in [6.45, 7) is 0. The number of para-hydroxylation sites is 2.